The van der Waals surface area contributed by atoms with E-state index in [0.717, 1.165) is 18.2 Å². The second-order valence-electron chi connectivity index (χ2n) is 4.71. The van der Waals surface area contributed by atoms with E-state index < -0.39 is 28.3 Å². The molecule has 8 heteroatoms. The third-order valence-corrected chi connectivity index (χ3v) is 3.32. The van der Waals surface area contributed by atoms with Gasteiger partial charge in [0, 0.05) is 11.1 Å². The summed E-state index contributed by atoms with van der Waals surface area (Å²) in [5.74, 6) is -2.97. The number of nitro groups is 1. The van der Waals surface area contributed by atoms with Gasteiger partial charge in [-0.25, -0.2) is 4.79 Å². The monoisotopic (exact) mass is 313 g/mol. The molecule has 1 heterocycles. The molecule has 0 spiro atoms. The van der Waals surface area contributed by atoms with Gasteiger partial charge in [0.25, 0.3) is 0 Å². The van der Waals surface area contributed by atoms with Crippen molar-refractivity contribution in [2.75, 3.05) is 0 Å². The average molecular weight is 313 g/mol. The minimum atomic E-state index is -1.22. The Morgan fingerprint density at radius 2 is 1.83 bits per heavy atom. The fourth-order valence-electron chi connectivity index (χ4n) is 2.25. The van der Waals surface area contributed by atoms with Crippen LogP contribution in [0.15, 0.2) is 40.3 Å². The van der Waals surface area contributed by atoms with Gasteiger partial charge in [0.2, 0.25) is 0 Å². The Bertz CT molecular complexity index is 920. The molecule has 0 amide bonds. The normalized spacial score (nSPS) is 15.0. The highest BCUT2D eigenvalue weighted by molar-refractivity contribution is 6.41. The summed E-state index contributed by atoms with van der Waals surface area (Å²) in [6, 6.07) is 5.99. The maximum atomic E-state index is 12.3. The van der Waals surface area contributed by atoms with Crippen molar-refractivity contribution in [3.05, 3.63) is 68.5 Å². The largest absolute Gasteiger partial charge is 0.478 e. The minimum absolute atomic E-state index is 0.0118. The molecule has 1 aromatic carbocycles. The molecule has 3 rings (SSSR count). The van der Waals surface area contributed by atoms with Crippen LogP contribution >= 0.6 is 0 Å². The smallest absolute Gasteiger partial charge is 0.433 e. The van der Waals surface area contributed by atoms with Crippen LogP contribution in [0.2, 0.25) is 0 Å². The maximum Gasteiger partial charge on any atom is 0.433 e. The predicted molar refractivity (Wildman–Crippen MR) is 75.4 cm³/mol. The number of fused-ring (bicyclic) bond motifs is 1. The molecule has 0 saturated carbocycles. The molecule has 23 heavy (non-hydrogen) atoms. The molecule has 8 nitrogen and oxygen atoms in total. The van der Waals surface area contributed by atoms with Crippen LogP contribution in [-0.4, -0.2) is 27.6 Å². The van der Waals surface area contributed by atoms with Crippen molar-refractivity contribution < 1.29 is 28.8 Å². The Balaban J connectivity index is 2.03. The van der Waals surface area contributed by atoms with Crippen LogP contribution in [0.5, 0.6) is 0 Å². The third-order valence-electron chi connectivity index (χ3n) is 3.32. The molecular weight excluding hydrogens is 306 g/mol. The summed E-state index contributed by atoms with van der Waals surface area (Å²) in [5.41, 5.74) is -0.263. The summed E-state index contributed by atoms with van der Waals surface area (Å²) in [4.78, 5) is 45.2. The lowest BCUT2D eigenvalue weighted by Crippen LogP contribution is -2.00. The number of furan rings is 1. The lowest BCUT2D eigenvalue weighted by Gasteiger charge is -1.97. The number of ketones is 2. The number of carbonyl (C=O) groups is 3. The van der Waals surface area contributed by atoms with Gasteiger partial charge in [-0.15, -0.1) is 0 Å². The second-order valence-corrected chi connectivity index (χ2v) is 4.71. The van der Waals surface area contributed by atoms with Gasteiger partial charge in [-0.1, -0.05) is 0 Å². The number of hydrogen-bond donors (Lipinski definition) is 1. The Labute approximate surface area is 127 Å². The van der Waals surface area contributed by atoms with Crippen molar-refractivity contribution in [1.82, 2.24) is 0 Å². The Morgan fingerprint density at radius 1 is 1.13 bits per heavy atom. The van der Waals surface area contributed by atoms with E-state index in [1.165, 1.54) is 18.2 Å². The van der Waals surface area contributed by atoms with Crippen molar-refractivity contribution in [1.29, 1.82) is 0 Å². The zero-order valence-electron chi connectivity index (χ0n) is 11.3. The third kappa shape index (κ3) is 2.31. The average Bonchev–Trinajstić information content (AvgIpc) is 3.07. The van der Waals surface area contributed by atoms with Crippen LogP contribution in [0.4, 0.5) is 5.88 Å². The van der Waals surface area contributed by atoms with Gasteiger partial charge < -0.3 is 9.52 Å². The highest BCUT2D eigenvalue weighted by Gasteiger charge is 2.34. The molecule has 1 aliphatic rings. The fraction of sp³-hybridized carbons (Fsp3) is 0. The van der Waals surface area contributed by atoms with Crippen LogP contribution in [0.3, 0.4) is 0 Å². The van der Waals surface area contributed by atoms with Crippen molar-refractivity contribution >= 4 is 29.5 Å². The van der Waals surface area contributed by atoms with E-state index in [4.69, 9.17) is 9.52 Å². The van der Waals surface area contributed by atoms with E-state index >= 15 is 0 Å². The molecule has 0 saturated heterocycles. The molecule has 1 aromatic heterocycles. The number of hydrogen-bond acceptors (Lipinski definition) is 6. The number of nitrogens with zero attached hydrogens (tertiary/aromatic N) is 1. The number of benzene rings is 1. The molecule has 0 atom stereocenters. The molecule has 1 aliphatic carbocycles. The van der Waals surface area contributed by atoms with Gasteiger partial charge in [-0.05, 0) is 30.3 Å². The number of allylic oxidation sites excluding steroid dienone is 1. The molecule has 0 unspecified atom stereocenters. The first-order chi connectivity index (χ1) is 10.9. The summed E-state index contributed by atoms with van der Waals surface area (Å²) in [6.45, 7) is 0. The van der Waals surface area contributed by atoms with Gasteiger partial charge in [0.15, 0.2) is 11.6 Å². The first kappa shape index (κ1) is 14.4. The minimum Gasteiger partial charge on any atom is -0.478 e. The van der Waals surface area contributed by atoms with E-state index in [0.29, 0.717) is 0 Å². The SMILES string of the molecule is O=C(O)c1ccc2c(c1)C(=O)C(=Cc1ccc([N+](=O)[O-])o1)C2=O. The van der Waals surface area contributed by atoms with Gasteiger partial charge in [-0.3, -0.25) is 19.7 Å². The van der Waals surface area contributed by atoms with E-state index in [1.54, 1.807) is 0 Å². The van der Waals surface area contributed by atoms with Crippen LogP contribution in [0.25, 0.3) is 6.08 Å². The van der Waals surface area contributed by atoms with Crippen LogP contribution in [-0.2, 0) is 0 Å². The molecule has 2 aromatic rings. The Hall–Kier alpha value is -3.55. The molecule has 114 valence electrons. The second kappa shape index (κ2) is 5.02. The molecular formula is C15H7NO7. The van der Waals surface area contributed by atoms with Crippen molar-refractivity contribution in [2.24, 2.45) is 0 Å². The van der Waals surface area contributed by atoms with E-state index in [9.17, 15) is 24.5 Å². The predicted octanol–water partition coefficient (Wildman–Crippen LogP) is 2.35. The van der Waals surface area contributed by atoms with Crippen molar-refractivity contribution in [3.8, 4) is 0 Å². The summed E-state index contributed by atoms with van der Waals surface area (Å²) < 4.78 is 4.89. The number of carboxylic acid groups (broad SMARTS) is 1. The molecule has 1 N–H and O–H groups in total. The van der Waals surface area contributed by atoms with Crippen molar-refractivity contribution in [3.63, 3.8) is 0 Å². The summed E-state index contributed by atoms with van der Waals surface area (Å²) in [5, 5.41) is 19.5. The summed E-state index contributed by atoms with van der Waals surface area (Å²) >= 11 is 0. The molecule has 0 radical (unpaired) electrons. The van der Waals surface area contributed by atoms with E-state index in [-0.39, 0.29) is 28.0 Å². The van der Waals surface area contributed by atoms with Crippen LogP contribution in [0, 0.1) is 10.1 Å². The topological polar surface area (TPSA) is 128 Å². The van der Waals surface area contributed by atoms with E-state index in [2.05, 4.69) is 0 Å². The first-order valence-corrected chi connectivity index (χ1v) is 6.31. The van der Waals surface area contributed by atoms with E-state index in [1.807, 2.05) is 0 Å². The number of aromatic carboxylic acids is 1. The van der Waals surface area contributed by atoms with Crippen LogP contribution < -0.4 is 0 Å². The van der Waals surface area contributed by atoms with Gasteiger partial charge in [0.1, 0.15) is 10.7 Å². The standard InChI is InChI=1S/C15H7NO7/c17-13-9-3-1-7(15(19)20)5-10(9)14(18)11(13)6-8-2-4-12(23-8)16(21)22/h1-6H,(H,19,20). The zero-order valence-corrected chi connectivity index (χ0v) is 11.3. The number of Topliss-reactive ketones (excluding diaryl/α,β-unsaturated/α-hetero) is 2. The maximum absolute atomic E-state index is 12.3. The zero-order chi connectivity index (χ0) is 16.7. The molecule has 0 bridgehead atoms. The number of carboxylic acids is 1. The summed E-state index contributed by atoms with van der Waals surface area (Å²) in [6.07, 6.45) is 1.11. The lowest BCUT2D eigenvalue weighted by molar-refractivity contribution is -0.402. The number of rotatable bonds is 3. The van der Waals surface area contributed by atoms with Gasteiger partial charge >= 0.3 is 11.9 Å². The molecule has 0 aliphatic heterocycles. The highest BCUT2D eigenvalue weighted by atomic mass is 16.6. The Kier molecular flexibility index (Phi) is 3.14. The van der Waals surface area contributed by atoms with Crippen LogP contribution in [0.1, 0.15) is 36.8 Å². The van der Waals surface area contributed by atoms with Gasteiger partial charge in [0.05, 0.1) is 17.2 Å². The molecule has 0 fully saturated rings. The number of carbonyl (C=O) groups excluding carboxylic acids is 2. The first-order valence-electron chi connectivity index (χ1n) is 6.31. The lowest BCUT2D eigenvalue weighted by atomic mass is 10.1. The fourth-order valence-corrected chi connectivity index (χ4v) is 2.25. The van der Waals surface area contributed by atoms with Gasteiger partial charge in [-0.2, -0.15) is 0 Å². The van der Waals surface area contributed by atoms with Crippen molar-refractivity contribution in [2.45, 2.75) is 0 Å². The Morgan fingerprint density at radius 3 is 2.43 bits per heavy atom. The highest BCUT2D eigenvalue weighted by Crippen LogP contribution is 2.29. The summed E-state index contributed by atoms with van der Waals surface area (Å²) in [7, 11) is 0. The quantitative estimate of drug-likeness (QED) is 0.398.